The predicted molar refractivity (Wildman–Crippen MR) is 118 cm³/mol. The number of likely N-dealkylation sites (tertiary alicyclic amines) is 1. The maximum atomic E-state index is 12.9. The van der Waals surface area contributed by atoms with E-state index in [0.717, 1.165) is 50.7 Å². The summed E-state index contributed by atoms with van der Waals surface area (Å²) in [6, 6.07) is 6.93. The zero-order valence-electron chi connectivity index (χ0n) is 18.3. The summed E-state index contributed by atoms with van der Waals surface area (Å²) in [6.45, 7) is 6.71. The van der Waals surface area contributed by atoms with Gasteiger partial charge in [-0.25, -0.2) is 14.2 Å². The van der Waals surface area contributed by atoms with E-state index in [-0.39, 0.29) is 17.8 Å². The van der Waals surface area contributed by atoms with Gasteiger partial charge in [-0.2, -0.15) is 0 Å². The van der Waals surface area contributed by atoms with E-state index in [0.29, 0.717) is 24.5 Å². The number of piperidine rings is 1. The molecule has 1 saturated carbocycles. The van der Waals surface area contributed by atoms with Crippen LogP contribution in [0.5, 0.6) is 0 Å². The maximum Gasteiger partial charge on any atom is 0.337 e. The van der Waals surface area contributed by atoms with Crippen molar-refractivity contribution in [2.75, 3.05) is 26.2 Å². The molecule has 0 atom stereocenters. The Morgan fingerprint density at radius 3 is 2.35 bits per heavy atom. The molecule has 1 saturated heterocycles. The number of nitrogens with zero attached hydrogens (tertiary/aromatic N) is 3. The number of fused-ring (bicyclic) bond motifs is 1. The molecule has 8 nitrogen and oxygen atoms in total. The van der Waals surface area contributed by atoms with Gasteiger partial charge in [0.05, 0.1) is 16.4 Å². The number of carbonyl (C=O) groups is 2. The second-order valence-corrected chi connectivity index (χ2v) is 9.42. The van der Waals surface area contributed by atoms with Gasteiger partial charge in [0, 0.05) is 19.1 Å². The van der Waals surface area contributed by atoms with Gasteiger partial charge in [-0.15, -0.1) is 0 Å². The molecule has 2 aromatic rings. The Labute approximate surface area is 181 Å². The normalized spacial score (nSPS) is 19.5. The number of hydrogen-bond acceptors (Lipinski definition) is 4. The van der Waals surface area contributed by atoms with E-state index in [2.05, 4.69) is 10.2 Å². The summed E-state index contributed by atoms with van der Waals surface area (Å²) in [6.07, 6.45) is 4.38. The molecule has 0 spiro atoms. The Balaban J connectivity index is 1.36. The highest BCUT2D eigenvalue weighted by Gasteiger charge is 2.45. The van der Waals surface area contributed by atoms with Crippen molar-refractivity contribution in [1.82, 2.24) is 19.4 Å². The number of rotatable bonds is 6. The third kappa shape index (κ3) is 4.01. The van der Waals surface area contributed by atoms with Crippen LogP contribution < -0.4 is 11.0 Å². The third-order valence-corrected chi connectivity index (χ3v) is 7.04. The molecule has 0 bridgehead atoms. The lowest BCUT2D eigenvalue weighted by atomic mass is 9.68. The second-order valence-electron chi connectivity index (χ2n) is 9.42. The number of benzene rings is 1. The van der Waals surface area contributed by atoms with Crippen molar-refractivity contribution in [3.63, 3.8) is 0 Å². The van der Waals surface area contributed by atoms with E-state index >= 15 is 0 Å². The minimum atomic E-state index is -0.667. The van der Waals surface area contributed by atoms with Gasteiger partial charge in [-0.05, 0) is 70.7 Å². The molecule has 2 aliphatic rings. The molecule has 4 rings (SSSR count). The van der Waals surface area contributed by atoms with Gasteiger partial charge in [-0.1, -0.05) is 18.6 Å². The smallest absolute Gasteiger partial charge is 0.337 e. The third-order valence-electron chi connectivity index (χ3n) is 7.04. The summed E-state index contributed by atoms with van der Waals surface area (Å²) in [5.74, 6) is -0.337. The molecule has 2 N–H and O–H groups in total. The Bertz CT molecular complexity index is 1030. The van der Waals surface area contributed by atoms with Crippen LogP contribution in [0.2, 0.25) is 0 Å². The summed E-state index contributed by atoms with van der Waals surface area (Å²) >= 11 is 0. The van der Waals surface area contributed by atoms with E-state index in [9.17, 15) is 19.5 Å². The van der Waals surface area contributed by atoms with Gasteiger partial charge in [-0.3, -0.25) is 9.36 Å². The van der Waals surface area contributed by atoms with Crippen LogP contribution in [-0.4, -0.2) is 57.3 Å². The highest BCUT2D eigenvalue weighted by molar-refractivity contribution is 5.89. The van der Waals surface area contributed by atoms with Crippen LogP contribution in [-0.2, 0) is 4.79 Å². The Morgan fingerprint density at radius 1 is 1.16 bits per heavy atom. The quantitative estimate of drug-likeness (QED) is 0.737. The first kappa shape index (κ1) is 21.6. The van der Waals surface area contributed by atoms with Gasteiger partial charge in [0.25, 0.3) is 0 Å². The number of hydrogen-bond donors (Lipinski definition) is 2. The molecule has 0 radical (unpaired) electrons. The molecule has 1 aliphatic heterocycles. The number of amides is 1. The molecule has 31 heavy (non-hydrogen) atoms. The summed E-state index contributed by atoms with van der Waals surface area (Å²) in [5, 5.41) is 12.5. The molecule has 168 valence electrons. The topological polar surface area (TPSA) is 96.6 Å². The van der Waals surface area contributed by atoms with Crippen LogP contribution in [0, 0.1) is 11.3 Å². The van der Waals surface area contributed by atoms with Crippen LogP contribution in [0.1, 0.15) is 52.0 Å². The molecule has 8 heteroatoms. The van der Waals surface area contributed by atoms with Crippen LogP contribution >= 0.6 is 0 Å². The first-order valence-electron chi connectivity index (χ1n) is 11.3. The molecule has 0 unspecified atom stereocenters. The number of imidazole rings is 1. The summed E-state index contributed by atoms with van der Waals surface area (Å²) in [4.78, 5) is 39.7. The Kier molecular flexibility index (Phi) is 5.92. The molecule has 1 aromatic carbocycles. The molecule has 1 aromatic heterocycles. The zero-order chi connectivity index (χ0) is 22.2. The first-order chi connectivity index (χ1) is 14.8. The summed E-state index contributed by atoms with van der Waals surface area (Å²) < 4.78 is 2.88. The van der Waals surface area contributed by atoms with Crippen molar-refractivity contribution in [2.45, 2.75) is 52.0 Å². The number of carbonyl (C=O) groups excluding carboxylic acids is 1. The van der Waals surface area contributed by atoms with Crippen molar-refractivity contribution in [1.29, 1.82) is 0 Å². The fourth-order valence-electron chi connectivity index (χ4n) is 5.00. The standard InChI is InChI=1S/C23H32N4O4/c1-16(2)26-18-6-3-4-7-19(18)27(22(26)31)21(30)24-14-17-8-12-25(13-9-17)15-23(20(28)29)10-5-11-23/h3-4,6-7,16-17H,5,8-15H2,1-2H3,(H,24,30)(H,28,29). The van der Waals surface area contributed by atoms with E-state index in [1.807, 2.05) is 32.0 Å². The lowest BCUT2D eigenvalue weighted by Gasteiger charge is -2.43. The van der Waals surface area contributed by atoms with Crippen molar-refractivity contribution in [3.05, 3.63) is 34.7 Å². The maximum absolute atomic E-state index is 12.9. The molecular weight excluding hydrogens is 396 g/mol. The van der Waals surface area contributed by atoms with Gasteiger partial charge in [0.2, 0.25) is 0 Å². The number of carboxylic acids is 1. The van der Waals surface area contributed by atoms with Crippen LogP contribution in [0.25, 0.3) is 11.0 Å². The van der Waals surface area contributed by atoms with Gasteiger partial charge < -0.3 is 15.3 Å². The fraction of sp³-hybridized carbons (Fsp3) is 0.609. The molecule has 1 aliphatic carbocycles. The van der Waals surface area contributed by atoms with Crippen LogP contribution in [0.3, 0.4) is 0 Å². The number of carboxylic acid groups (broad SMARTS) is 1. The van der Waals surface area contributed by atoms with Crippen molar-refractivity contribution in [3.8, 4) is 0 Å². The highest BCUT2D eigenvalue weighted by Crippen LogP contribution is 2.42. The fourth-order valence-corrected chi connectivity index (χ4v) is 5.00. The highest BCUT2D eigenvalue weighted by atomic mass is 16.4. The monoisotopic (exact) mass is 428 g/mol. The van der Waals surface area contributed by atoms with Gasteiger partial charge in [0.15, 0.2) is 0 Å². The van der Waals surface area contributed by atoms with Crippen molar-refractivity contribution in [2.24, 2.45) is 11.3 Å². The predicted octanol–water partition coefficient (Wildman–Crippen LogP) is 2.91. The minimum absolute atomic E-state index is 0.0412. The largest absolute Gasteiger partial charge is 0.481 e. The Hall–Kier alpha value is -2.61. The van der Waals surface area contributed by atoms with E-state index < -0.39 is 11.4 Å². The number of nitrogens with one attached hydrogen (secondary N) is 1. The lowest BCUT2D eigenvalue weighted by Crippen LogP contribution is -2.50. The minimum Gasteiger partial charge on any atom is -0.481 e. The van der Waals surface area contributed by atoms with Crippen molar-refractivity contribution >= 4 is 23.0 Å². The summed E-state index contributed by atoms with van der Waals surface area (Å²) in [5.41, 5.74) is 0.512. The van der Waals surface area contributed by atoms with Crippen LogP contribution in [0.4, 0.5) is 4.79 Å². The average Bonchev–Trinajstić information content (AvgIpc) is 3.01. The number of para-hydroxylation sites is 2. The van der Waals surface area contributed by atoms with Gasteiger partial charge >= 0.3 is 17.7 Å². The van der Waals surface area contributed by atoms with Crippen LogP contribution in [0.15, 0.2) is 29.1 Å². The second kappa shape index (κ2) is 8.49. The molecule has 2 fully saturated rings. The Morgan fingerprint density at radius 2 is 1.81 bits per heavy atom. The lowest BCUT2D eigenvalue weighted by molar-refractivity contribution is -0.156. The molecule has 2 heterocycles. The average molecular weight is 429 g/mol. The van der Waals surface area contributed by atoms with E-state index in [1.165, 1.54) is 4.57 Å². The zero-order valence-corrected chi connectivity index (χ0v) is 18.3. The molecule has 1 amide bonds. The SMILES string of the molecule is CC(C)n1c(=O)n(C(=O)NCC2CCN(CC3(C(=O)O)CCC3)CC2)c2ccccc21. The van der Waals surface area contributed by atoms with E-state index in [1.54, 1.807) is 10.6 Å². The summed E-state index contributed by atoms with van der Waals surface area (Å²) in [7, 11) is 0. The molecular formula is C23H32N4O4. The number of aromatic nitrogens is 2. The van der Waals surface area contributed by atoms with E-state index in [4.69, 9.17) is 0 Å². The first-order valence-corrected chi connectivity index (χ1v) is 11.3. The van der Waals surface area contributed by atoms with Gasteiger partial charge in [0.1, 0.15) is 0 Å². The van der Waals surface area contributed by atoms with Crippen molar-refractivity contribution < 1.29 is 14.7 Å². The number of aliphatic carboxylic acids is 1.